The Labute approximate surface area is 126 Å². The van der Waals surface area contributed by atoms with Gasteiger partial charge in [0.05, 0.1) is 23.2 Å². The van der Waals surface area contributed by atoms with E-state index >= 15 is 0 Å². The molecule has 0 atom stereocenters. The van der Waals surface area contributed by atoms with Gasteiger partial charge in [-0.1, -0.05) is 22.9 Å². The molecule has 0 aliphatic heterocycles. The maximum atomic E-state index is 5.85. The summed E-state index contributed by atoms with van der Waals surface area (Å²) in [5.41, 5.74) is 8.32. The number of aryl methyl sites for hydroxylation is 1. The van der Waals surface area contributed by atoms with Gasteiger partial charge in [0.1, 0.15) is 0 Å². The third kappa shape index (κ3) is 3.22. The first-order chi connectivity index (χ1) is 10.2. The molecular formula is C15H14N4OS. The number of thioether (sulfide) groups is 1. The summed E-state index contributed by atoms with van der Waals surface area (Å²) in [7, 11) is 0. The van der Waals surface area contributed by atoms with E-state index in [2.05, 4.69) is 40.2 Å². The van der Waals surface area contributed by atoms with Crippen LogP contribution in [0.4, 0.5) is 5.69 Å². The van der Waals surface area contributed by atoms with Crippen molar-refractivity contribution in [3.8, 4) is 11.5 Å². The summed E-state index contributed by atoms with van der Waals surface area (Å²) < 4.78 is 5.26. The zero-order chi connectivity index (χ0) is 14.7. The predicted octanol–water partition coefficient (Wildman–Crippen LogP) is 3.31. The van der Waals surface area contributed by atoms with Gasteiger partial charge in [0.15, 0.2) is 5.82 Å². The molecule has 0 saturated carbocycles. The Bertz CT molecular complexity index is 757. The number of anilines is 1. The molecule has 3 aromatic rings. The minimum Gasteiger partial charge on any atom is -0.397 e. The Kier molecular flexibility index (Phi) is 3.87. The van der Waals surface area contributed by atoms with Crippen molar-refractivity contribution < 1.29 is 4.52 Å². The van der Waals surface area contributed by atoms with E-state index in [1.165, 1.54) is 10.5 Å². The van der Waals surface area contributed by atoms with E-state index in [9.17, 15) is 0 Å². The van der Waals surface area contributed by atoms with Crippen LogP contribution < -0.4 is 5.73 Å². The van der Waals surface area contributed by atoms with Crippen LogP contribution in [0.2, 0.25) is 0 Å². The average molecular weight is 298 g/mol. The first-order valence-electron chi connectivity index (χ1n) is 6.44. The summed E-state index contributed by atoms with van der Waals surface area (Å²) in [5, 5.41) is 3.99. The van der Waals surface area contributed by atoms with Gasteiger partial charge in [-0.15, -0.1) is 11.8 Å². The van der Waals surface area contributed by atoms with Gasteiger partial charge < -0.3 is 10.3 Å². The number of pyridine rings is 1. The minimum atomic E-state index is 0.426. The van der Waals surface area contributed by atoms with Crippen molar-refractivity contribution in [1.82, 2.24) is 15.1 Å². The Hall–Kier alpha value is -2.34. The number of nitrogens with two attached hydrogens (primary N) is 1. The molecule has 2 N–H and O–H groups in total. The molecule has 0 fully saturated rings. The molecule has 6 heteroatoms. The van der Waals surface area contributed by atoms with Crippen LogP contribution in [0.15, 0.2) is 52.1 Å². The fraction of sp³-hybridized carbons (Fsp3) is 0.133. The first kappa shape index (κ1) is 13.6. The number of benzene rings is 1. The highest BCUT2D eigenvalue weighted by molar-refractivity contribution is 7.98. The van der Waals surface area contributed by atoms with Gasteiger partial charge in [0.25, 0.3) is 5.89 Å². The van der Waals surface area contributed by atoms with Crippen LogP contribution in [0.25, 0.3) is 11.5 Å². The molecule has 2 heterocycles. The lowest BCUT2D eigenvalue weighted by Crippen LogP contribution is -1.91. The third-order valence-corrected chi connectivity index (χ3v) is 3.90. The second-order valence-corrected chi connectivity index (χ2v) is 5.63. The number of rotatable bonds is 4. The van der Waals surface area contributed by atoms with E-state index < -0.39 is 0 Å². The SMILES string of the molecule is Cc1cccc(SCc2noc(-c3ccncc3N)n2)c1. The summed E-state index contributed by atoms with van der Waals surface area (Å²) in [6.07, 6.45) is 3.22. The first-order valence-corrected chi connectivity index (χ1v) is 7.43. The molecule has 0 spiro atoms. The second-order valence-electron chi connectivity index (χ2n) is 4.58. The van der Waals surface area contributed by atoms with Crippen LogP contribution in [-0.2, 0) is 5.75 Å². The maximum absolute atomic E-state index is 5.85. The lowest BCUT2D eigenvalue weighted by molar-refractivity contribution is 0.425. The summed E-state index contributed by atoms with van der Waals surface area (Å²) in [4.78, 5) is 9.50. The fourth-order valence-electron chi connectivity index (χ4n) is 1.88. The molecule has 2 aromatic heterocycles. The Morgan fingerprint density at radius 2 is 2.19 bits per heavy atom. The average Bonchev–Trinajstić information content (AvgIpc) is 2.94. The van der Waals surface area contributed by atoms with E-state index in [0.717, 1.165) is 0 Å². The van der Waals surface area contributed by atoms with Crippen molar-refractivity contribution >= 4 is 17.4 Å². The van der Waals surface area contributed by atoms with Gasteiger partial charge in [-0.2, -0.15) is 4.98 Å². The number of nitrogens with zero attached hydrogens (tertiary/aromatic N) is 3. The molecule has 5 nitrogen and oxygen atoms in total. The lowest BCUT2D eigenvalue weighted by Gasteiger charge is -1.99. The van der Waals surface area contributed by atoms with Crippen LogP contribution >= 0.6 is 11.8 Å². The smallest absolute Gasteiger partial charge is 0.260 e. The molecule has 1 aromatic carbocycles. The van der Waals surface area contributed by atoms with Crippen LogP contribution in [0.1, 0.15) is 11.4 Å². The highest BCUT2D eigenvalue weighted by Crippen LogP contribution is 2.26. The summed E-state index contributed by atoms with van der Waals surface area (Å²) in [5.74, 6) is 1.72. The molecule has 21 heavy (non-hydrogen) atoms. The Morgan fingerprint density at radius 3 is 3.00 bits per heavy atom. The molecule has 0 amide bonds. The normalized spacial score (nSPS) is 10.7. The van der Waals surface area contributed by atoms with Gasteiger partial charge in [-0.3, -0.25) is 4.98 Å². The number of hydrogen-bond acceptors (Lipinski definition) is 6. The van der Waals surface area contributed by atoms with Crippen LogP contribution in [0.3, 0.4) is 0 Å². The predicted molar refractivity (Wildman–Crippen MR) is 82.7 cm³/mol. The van der Waals surface area contributed by atoms with Crippen LogP contribution in [0.5, 0.6) is 0 Å². The fourth-order valence-corrected chi connectivity index (χ4v) is 2.73. The van der Waals surface area contributed by atoms with Crippen molar-refractivity contribution in [3.63, 3.8) is 0 Å². The Morgan fingerprint density at radius 1 is 1.29 bits per heavy atom. The largest absolute Gasteiger partial charge is 0.397 e. The summed E-state index contributed by atoms with van der Waals surface area (Å²) >= 11 is 1.67. The minimum absolute atomic E-state index is 0.426. The van der Waals surface area contributed by atoms with Gasteiger partial charge in [0.2, 0.25) is 0 Å². The third-order valence-electron chi connectivity index (χ3n) is 2.91. The van der Waals surface area contributed by atoms with Crippen molar-refractivity contribution in [2.24, 2.45) is 0 Å². The molecule has 0 bridgehead atoms. The molecule has 3 rings (SSSR count). The van der Waals surface area contributed by atoms with Crippen molar-refractivity contribution in [1.29, 1.82) is 0 Å². The van der Waals surface area contributed by atoms with Crippen molar-refractivity contribution in [2.75, 3.05) is 5.73 Å². The zero-order valence-corrected chi connectivity index (χ0v) is 12.3. The summed E-state index contributed by atoms with van der Waals surface area (Å²) in [6.45, 7) is 2.07. The van der Waals surface area contributed by atoms with E-state index in [0.29, 0.717) is 28.7 Å². The Balaban J connectivity index is 1.72. The lowest BCUT2D eigenvalue weighted by atomic mass is 10.2. The van der Waals surface area contributed by atoms with Crippen LogP contribution in [-0.4, -0.2) is 15.1 Å². The number of hydrogen-bond donors (Lipinski definition) is 1. The quantitative estimate of drug-likeness (QED) is 0.744. The monoisotopic (exact) mass is 298 g/mol. The molecule has 0 aliphatic rings. The van der Waals surface area contributed by atoms with Crippen LogP contribution in [0, 0.1) is 6.92 Å². The molecule has 0 radical (unpaired) electrons. The second kappa shape index (κ2) is 5.97. The molecule has 0 aliphatic carbocycles. The molecular weight excluding hydrogens is 284 g/mol. The van der Waals surface area contributed by atoms with Gasteiger partial charge in [-0.25, -0.2) is 0 Å². The van der Waals surface area contributed by atoms with Crippen molar-refractivity contribution in [2.45, 2.75) is 17.6 Å². The highest BCUT2D eigenvalue weighted by Gasteiger charge is 2.11. The molecule has 0 unspecified atom stereocenters. The topological polar surface area (TPSA) is 77.8 Å². The van der Waals surface area contributed by atoms with Gasteiger partial charge in [0, 0.05) is 11.1 Å². The maximum Gasteiger partial charge on any atom is 0.260 e. The standard InChI is InChI=1S/C15H14N4OS/c1-10-3-2-4-11(7-10)21-9-14-18-15(20-19-14)12-5-6-17-8-13(12)16/h2-8H,9,16H2,1H3. The van der Waals surface area contributed by atoms with Gasteiger partial charge in [-0.05, 0) is 25.1 Å². The zero-order valence-electron chi connectivity index (χ0n) is 11.5. The molecule has 106 valence electrons. The van der Waals surface area contributed by atoms with E-state index in [1.807, 2.05) is 6.07 Å². The number of aromatic nitrogens is 3. The van der Waals surface area contributed by atoms with Crippen molar-refractivity contribution in [3.05, 3.63) is 54.1 Å². The number of nitrogen functional groups attached to an aromatic ring is 1. The van der Waals surface area contributed by atoms with Gasteiger partial charge >= 0.3 is 0 Å². The van der Waals surface area contributed by atoms with E-state index in [1.54, 1.807) is 30.2 Å². The van der Waals surface area contributed by atoms with E-state index in [4.69, 9.17) is 10.3 Å². The molecule has 0 saturated heterocycles. The summed E-state index contributed by atoms with van der Waals surface area (Å²) in [6, 6.07) is 10.1. The van der Waals surface area contributed by atoms with E-state index in [-0.39, 0.29) is 0 Å². The highest BCUT2D eigenvalue weighted by atomic mass is 32.2.